The van der Waals surface area contributed by atoms with Gasteiger partial charge in [0.05, 0.1) is 38.6 Å². The molecule has 8 aromatic carbocycles. The molecule has 0 unspecified atom stereocenters. The Labute approximate surface area is 302 Å². The van der Waals surface area contributed by atoms with Crippen LogP contribution in [0, 0.1) is 0 Å². The van der Waals surface area contributed by atoms with Crippen molar-refractivity contribution < 1.29 is 4.42 Å². The molecule has 0 amide bonds. The fourth-order valence-corrected chi connectivity index (χ4v) is 8.57. The van der Waals surface area contributed by atoms with Gasteiger partial charge in [0.15, 0.2) is 5.82 Å². The van der Waals surface area contributed by atoms with E-state index in [9.17, 15) is 0 Å². The van der Waals surface area contributed by atoms with E-state index in [0.29, 0.717) is 0 Å². The van der Waals surface area contributed by atoms with Crippen molar-refractivity contribution in [2.75, 3.05) is 0 Å². The molecular weight excluding hydrogens is 649 g/mol. The first-order valence-corrected chi connectivity index (χ1v) is 17.9. The number of fused-ring (bicyclic) bond motifs is 9. The van der Waals surface area contributed by atoms with Gasteiger partial charge in [-0.3, -0.25) is 4.57 Å². The molecule has 0 aliphatic carbocycles. The van der Waals surface area contributed by atoms with Crippen molar-refractivity contribution in [1.82, 2.24) is 18.9 Å². The van der Waals surface area contributed by atoms with E-state index in [-0.39, 0.29) is 0 Å². The summed E-state index contributed by atoms with van der Waals surface area (Å²) in [5.41, 5.74) is 12.9. The van der Waals surface area contributed by atoms with E-state index in [1.807, 2.05) is 36.4 Å². The van der Waals surface area contributed by atoms with Crippen molar-refractivity contribution in [1.29, 1.82) is 0 Å². The van der Waals surface area contributed by atoms with Gasteiger partial charge in [-0.05, 0) is 71.1 Å². The van der Waals surface area contributed by atoms with E-state index in [1.54, 1.807) is 0 Å². The molecule has 0 atom stereocenters. The van der Waals surface area contributed by atoms with E-state index in [4.69, 9.17) is 14.4 Å². The van der Waals surface area contributed by atoms with Crippen LogP contribution >= 0.6 is 0 Å². The molecule has 0 aliphatic heterocycles. The smallest absolute Gasteiger partial charge is 0.165 e. The first kappa shape index (κ1) is 28.5. The maximum atomic E-state index is 6.63. The molecule has 53 heavy (non-hydrogen) atoms. The molecule has 246 valence electrons. The maximum absolute atomic E-state index is 6.63. The van der Waals surface area contributed by atoms with Crippen LogP contribution in [-0.2, 0) is 0 Å². The van der Waals surface area contributed by atoms with Gasteiger partial charge < -0.3 is 8.82 Å². The number of furan rings is 1. The minimum Gasteiger partial charge on any atom is -0.455 e. The number of aromatic nitrogens is 4. The zero-order valence-electron chi connectivity index (χ0n) is 28.4. The third-order valence-electron chi connectivity index (χ3n) is 10.9. The van der Waals surface area contributed by atoms with Crippen LogP contribution in [0.15, 0.2) is 174 Å². The first-order valence-electron chi connectivity index (χ1n) is 17.9. The summed E-state index contributed by atoms with van der Waals surface area (Å²) in [7, 11) is 0. The standard InChI is InChI=1S/C48H28N4O/c1-2-12-29(13-3-1)31-25-27-39-36(28-31)33-26-24-30-14-10-22-42-44(30)46(33)51(39)40-20-7-8-21-41(40)52(42)48-45(49-37-18-5-6-19-38(37)50-48)35-17-11-16-34-32-15-4-9-23-43(32)53-47(34)35/h1-28H. The summed E-state index contributed by atoms with van der Waals surface area (Å²) in [4.78, 5) is 10.9. The minimum atomic E-state index is 0.745. The molecule has 0 aliphatic rings. The SMILES string of the molecule is c1ccc(-c2ccc3c(c2)c2ccc4cccc5c4c2n3c2ccccc2n5-c2nc3ccccc3nc2-c2cccc3c2oc2ccccc23)cc1. The lowest BCUT2D eigenvalue weighted by Crippen LogP contribution is -2.05. The highest BCUT2D eigenvalue weighted by Gasteiger charge is 2.24. The van der Waals surface area contributed by atoms with Crippen LogP contribution in [0.2, 0.25) is 0 Å². The van der Waals surface area contributed by atoms with Gasteiger partial charge in [-0.25, -0.2) is 9.97 Å². The van der Waals surface area contributed by atoms with E-state index in [1.165, 1.54) is 32.8 Å². The van der Waals surface area contributed by atoms with Gasteiger partial charge in [-0.2, -0.15) is 0 Å². The Bertz CT molecular complexity index is 3440. The topological polar surface area (TPSA) is 48.3 Å². The van der Waals surface area contributed by atoms with E-state index < -0.39 is 0 Å². The van der Waals surface area contributed by atoms with Crippen LogP contribution in [0.25, 0.3) is 110 Å². The van der Waals surface area contributed by atoms with Crippen molar-refractivity contribution in [2.24, 2.45) is 0 Å². The number of hydrogen-bond acceptors (Lipinski definition) is 3. The summed E-state index contributed by atoms with van der Waals surface area (Å²) in [6, 6.07) is 60.0. The van der Waals surface area contributed by atoms with Gasteiger partial charge in [0.25, 0.3) is 0 Å². The lowest BCUT2D eigenvalue weighted by atomic mass is 10.0. The molecule has 0 saturated carbocycles. The maximum Gasteiger partial charge on any atom is 0.165 e. The lowest BCUT2D eigenvalue weighted by molar-refractivity contribution is 0.669. The number of benzene rings is 8. The van der Waals surface area contributed by atoms with Gasteiger partial charge in [0.1, 0.15) is 16.9 Å². The molecule has 0 bridgehead atoms. The minimum absolute atomic E-state index is 0.745. The average molecular weight is 677 g/mol. The summed E-state index contributed by atoms with van der Waals surface area (Å²) in [5, 5.41) is 6.91. The van der Waals surface area contributed by atoms with Crippen LogP contribution in [-0.4, -0.2) is 18.9 Å². The fourth-order valence-electron chi connectivity index (χ4n) is 8.57. The van der Waals surface area contributed by atoms with Crippen molar-refractivity contribution in [3.05, 3.63) is 170 Å². The molecule has 12 rings (SSSR count). The third kappa shape index (κ3) is 3.96. The van der Waals surface area contributed by atoms with Crippen LogP contribution < -0.4 is 0 Å². The Morgan fingerprint density at radius 1 is 0.453 bits per heavy atom. The van der Waals surface area contributed by atoms with Gasteiger partial charge in [-0.15, -0.1) is 0 Å². The third-order valence-corrected chi connectivity index (χ3v) is 10.9. The van der Waals surface area contributed by atoms with Crippen LogP contribution in [0.3, 0.4) is 0 Å². The Hall–Kier alpha value is -7.24. The second-order valence-corrected chi connectivity index (χ2v) is 13.8. The second-order valence-electron chi connectivity index (χ2n) is 13.8. The number of para-hydroxylation sites is 6. The Morgan fingerprint density at radius 2 is 1.19 bits per heavy atom. The summed E-state index contributed by atoms with van der Waals surface area (Å²) in [5.74, 6) is 0.745. The summed E-state index contributed by atoms with van der Waals surface area (Å²) in [6.07, 6.45) is 0. The highest BCUT2D eigenvalue weighted by Crippen LogP contribution is 2.43. The van der Waals surface area contributed by atoms with E-state index in [0.717, 1.165) is 77.5 Å². The molecule has 5 heteroatoms. The quantitative estimate of drug-likeness (QED) is 0.187. The molecule has 4 aromatic heterocycles. The van der Waals surface area contributed by atoms with Crippen LogP contribution in [0.4, 0.5) is 0 Å². The average Bonchev–Trinajstić information content (AvgIpc) is 3.73. The molecule has 0 radical (unpaired) electrons. The van der Waals surface area contributed by atoms with Gasteiger partial charge >= 0.3 is 0 Å². The Kier molecular flexibility index (Phi) is 5.71. The molecule has 0 spiro atoms. The summed E-state index contributed by atoms with van der Waals surface area (Å²) >= 11 is 0. The molecule has 5 nitrogen and oxygen atoms in total. The fraction of sp³-hybridized carbons (Fsp3) is 0. The van der Waals surface area contributed by atoms with Crippen molar-refractivity contribution in [3.8, 4) is 28.2 Å². The molecule has 12 aromatic rings. The summed E-state index contributed by atoms with van der Waals surface area (Å²) in [6.45, 7) is 0. The van der Waals surface area contributed by atoms with E-state index in [2.05, 4.69) is 142 Å². The lowest BCUT2D eigenvalue weighted by Gasteiger charge is -2.16. The normalized spacial score (nSPS) is 12.2. The molecule has 4 heterocycles. The number of rotatable bonds is 3. The van der Waals surface area contributed by atoms with Crippen LogP contribution in [0.5, 0.6) is 0 Å². The van der Waals surface area contributed by atoms with Crippen molar-refractivity contribution in [3.63, 3.8) is 0 Å². The Balaban J connectivity index is 1.28. The van der Waals surface area contributed by atoms with E-state index >= 15 is 0 Å². The summed E-state index contributed by atoms with van der Waals surface area (Å²) < 4.78 is 11.4. The zero-order valence-corrected chi connectivity index (χ0v) is 28.4. The highest BCUT2D eigenvalue weighted by molar-refractivity contribution is 6.24. The van der Waals surface area contributed by atoms with Gasteiger partial charge in [0.2, 0.25) is 0 Å². The predicted octanol–water partition coefficient (Wildman–Crippen LogP) is 12.5. The predicted molar refractivity (Wildman–Crippen MR) is 218 cm³/mol. The molecule has 0 fully saturated rings. The highest BCUT2D eigenvalue weighted by atomic mass is 16.3. The molecular formula is C48H28N4O. The first-order chi connectivity index (χ1) is 26.3. The number of nitrogens with zero attached hydrogens (tertiary/aromatic N) is 4. The monoisotopic (exact) mass is 676 g/mol. The molecule has 0 N–H and O–H groups in total. The Morgan fingerprint density at radius 3 is 2.09 bits per heavy atom. The zero-order chi connectivity index (χ0) is 34.6. The van der Waals surface area contributed by atoms with Gasteiger partial charge in [0, 0.05) is 32.5 Å². The van der Waals surface area contributed by atoms with Gasteiger partial charge in [-0.1, -0.05) is 115 Å². The van der Waals surface area contributed by atoms with Crippen LogP contribution in [0.1, 0.15) is 0 Å². The largest absolute Gasteiger partial charge is 0.455 e. The van der Waals surface area contributed by atoms with Crippen molar-refractivity contribution in [2.45, 2.75) is 0 Å². The number of hydrogen-bond donors (Lipinski definition) is 0. The van der Waals surface area contributed by atoms with Crippen molar-refractivity contribution >= 4 is 82.1 Å². The second kappa shape index (κ2) is 10.6. The molecule has 0 saturated heterocycles.